The van der Waals surface area contributed by atoms with Crippen LogP contribution in [0.25, 0.3) is 11.2 Å². The Morgan fingerprint density at radius 2 is 2.03 bits per heavy atom. The van der Waals surface area contributed by atoms with E-state index in [1.807, 2.05) is 0 Å². The smallest absolute Gasteiger partial charge is 0.335 e. The third kappa shape index (κ3) is 5.16. The van der Waals surface area contributed by atoms with Gasteiger partial charge in [0.1, 0.15) is 11.8 Å². The van der Waals surface area contributed by atoms with E-state index >= 15 is 0 Å². The van der Waals surface area contributed by atoms with Gasteiger partial charge in [0, 0.05) is 19.1 Å². The van der Waals surface area contributed by atoms with Crippen LogP contribution in [0.4, 0.5) is 5.82 Å². The zero-order valence-corrected chi connectivity index (χ0v) is 15.8. The maximum Gasteiger partial charge on any atom is 0.335 e. The van der Waals surface area contributed by atoms with Gasteiger partial charge in [-0.25, -0.2) is 19.7 Å². The van der Waals surface area contributed by atoms with Gasteiger partial charge in [0.15, 0.2) is 11.5 Å². The molecule has 1 atom stereocenters. The number of nitrogens with one attached hydrogen (secondary N) is 2. The van der Waals surface area contributed by atoms with Gasteiger partial charge in [-0.2, -0.15) is 0 Å². The predicted octanol–water partition coefficient (Wildman–Crippen LogP) is 2.01. The maximum absolute atomic E-state index is 11.4. The number of fused-ring (bicyclic) bond motifs is 1. The van der Waals surface area contributed by atoms with Crippen LogP contribution >= 0.6 is 0 Å². The lowest BCUT2D eigenvalue weighted by atomic mass is 10.1. The molecule has 4 rings (SSSR count). The molecule has 1 saturated heterocycles. The van der Waals surface area contributed by atoms with Crippen LogP contribution in [0, 0.1) is 0 Å². The minimum Gasteiger partial charge on any atom is -0.478 e. The zero-order valence-electron chi connectivity index (χ0n) is 15.8. The number of hydrogen-bond acceptors (Lipinski definition) is 6. The topological polar surface area (TPSA) is 124 Å². The van der Waals surface area contributed by atoms with E-state index in [0.717, 1.165) is 42.9 Å². The van der Waals surface area contributed by atoms with Crippen LogP contribution in [0.1, 0.15) is 23.2 Å². The number of rotatable bonds is 4. The average Bonchev–Trinajstić information content (AvgIpc) is 3.24. The summed E-state index contributed by atoms with van der Waals surface area (Å²) >= 11 is 0. The third-order valence-electron chi connectivity index (χ3n) is 4.47. The number of carbonyl (C=O) groups excluding carboxylic acids is 1. The van der Waals surface area contributed by atoms with E-state index in [4.69, 9.17) is 5.11 Å². The van der Waals surface area contributed by atoms with Gasteiger partial charge in [-0.1, -0.05) is 24.8 Å². The Bertz CT molecular complexity index is 988. The van der Waals surface area contributed by atoms with E-state index in [-0.39, 0.29) is 11.9 Å². The van der Waals surface area contributed by atoms with Crippen LogP contribution in [0.15, 0.2) is 55.6 Å². The molecule has 3 heterocycles. The number of benzene rings is 1. The quantitative estimate of drug-likeness (QED) is 0.578. The first-order chi connectivity index (χ1) is 14.1. The van der Waals surface area contributed by atoms with Gasteiger partial charge in [-0.05, 0) is 31.1 Å². The Labute approximate surface area is 167 Å². The number of hydrogen-bond donors (Lipinski definition) is 3. The van der Waals surface area contributed by atoms with Gasteiger partial charge in [0.2, 0.25) is 5.91 Å². The minimum atomic E-state index is -0.879. The SMILES string of the molecule is C=CC(=O)N[C@@H]1CCCN(c2ncnc3[nH]cnc23)C1.O=C(O)c1ccccc1. The largest absolute Gasteiger partial charge is 0.478 e. The van der Waals surface area contributed by atoms with Gasteiger partial charge in [0.25, 0.3) is 0 Å². The summed E-state index contributed by atoms with van der Waals surface area (Å²) in [6.45, 7) is 5.10. The molecule has 3 aromatic rings. The Balaban J connectivity index is 0.000000224. The number of carboxylic acid groups (broad SMARTS) is 1. The molecule has 1 aromatic carbocycles. The number of aromatic nitrogens is 4. The fourth-order valence-corrected chi connectivity index (χ4v) is 3.11. The molecule has 9 heteroatoms. The van der Waals surface area contributed by atoms with Crippen LogP contribution < -0.4 is 10.2 Å². The summed E-state index contributed by atoms with van der Waals surface area (Å²) in [5, 5.41) is 11.3. The van der Waals surface area contributed by atoms with Crippen molar-refractivity contribution in [3.63, 3.8) is 0 Å². The second-order valence-electron chi connectivity index (χ2n) is 6.47. The number of carbonyl (C=O) groups is 2. The maximum atomic E-state index is 11.4. The molecular formula is C20H22N6O3. The van der Waals surface area contributed by atoms with Crippen molar-refractivity contribution in [2.75, 3.05) is 18.0 Å². The molecule has 0 saturated carbocycles. The fraction of sp³-hybridized carbons (Fsp3) is 0.250. The first kappa shape index (κ1) is 20.0. The van der Waals surface area contributed by atoms with Crippen LogP contribution in [0.2, 0.25) is 0 Å². The zero-order chi connectivity index (χ0) is 20.6. The molecular weight excluding hydrogens is 372 g/mol. The van der Waals surface area contributed by atoms with Gasteiger partial charge < -0.3 is 20.3 Å². The molecule has 1 amide bonds. The first-order valence-corrected chi connectivity index (χ1v) is 9.18. The highest BCUT2D eigenvalue weighted by molar-refractivity contribution is 5.87. The standard InChI is InChI=1S/C13H16N6O.C7H6O2/c1-2-10(20)18-9-4-3-5-19(6-9)13-11-12(15-7-14-11)16-8-17-13;8-7(9)6-4-2-1-3-5-6/h2,7-9H,1,3-6H2,(H,18,20)(H,14,15,16,17);1-5H,(H,8,9)/t9-;/m1./s1. The molecule has 0 bridgehead atoms. The molecule has 3 N–H and O–H groups in total. The number of aromatic carboxylic acids is 1. The van der Waals surface area contributed by atoms with E-state index in [0.29, 0.717) is 5.56 Å². The lowest BCUT2D eigenvalue weighted by Gasteiger charge is -2.33. The molecule has 1 fully saturated rings. The molecule has 1 aliphatic rings. The van der Waals surface area contributed by atoms with Crippen LogP contribution in [-0.4, -0.2) is 56.1 Å². The summed E-state index contributed by atoms with van der Waals surface area (Å²) in [5.41, 5.74) is 1.83. The molecule has 29 heavy (non-hydrogen) atoms. The summed E-state index contributed by atoms with van der Waals surface area (Å²) in [4.78, 5) is 39.5. The Morgan fingerprint density at radius 1 is 1.24 bits per heavy atom. The third-order valence-corrected chi connectivity index (χ3v) is 4.47. The molecule has 0 aliphatic carbocycles. The minimum absolute atomic E-state index is 0.109. The molecule has 0 spiro atoms. The Kier molecular flexibility index (Phi) is 6.51. The van der Waals surface area contributed by atoms with Gasteiger partial charge in [-0.15, -0.1) is 0 Å². The summed E-state index contributed by atoms with van der Waals surface area (Å²) < 4.78 is 0. The number of H-pyrrole nitrogens is 1. The van der Waals surface area contributed by atoms with Crippen LogP contribution in [0.3, 0.4) is 0 Å². The van der Waals surface area contributed by atoms with E-state index in [1.54, 1.807) is 36.7 Å². The lowest BCUT2D eigenvalue weighted by molar-refractivity contribution is -0.117. The monoisotopic (exact) mass is 394 g/mol. The summed E-state index contributed by atoms with van der Waals surface area (Å²) in [6, 6.07) is 8.41. The highest BCUT2D eigenvalue weighted by Gasteiger charge is 2.23. The Morgan fingerprint density at radius 3 is 2.72 bits per heavy atom. The van der Waals surface area contributed by atoms with E-state index < -0.39 is 5.97 Å². The summed E-state index contributed by atoms with van der Waals surface area (Å²) in [5.74, 6) is -0.200. The summed E-state index contributed by atoms with van der Waals surface area (Å²) in [7, 11) is 0. The molecule has 2 aromatic heterocycles. The highest BCUT2D eigenvalue weighted by atomic mass is 16.4. The van der Waals surface area contributed by atoms with Crippen LogP contribution in [-0.2, 0) is 4.79 Å². The molecule has 9 nitrogen and oxygen atoms in total. The molecule has 150 valence electrons. The number of piperidine rings is 1. The number of nitrogens with zero attached hydrogens (tertiary/aromatic N) is 4. The highest BCUT2D eigenvalue weighted by Crippen LogP contribution is 2.23. The van der Waals surface area contributed by atoms with E-state index in [2.05, 4.69) is 36.7 Å². The number of anilines is 1. The molecule has 0 unspecified atom stereocenters. The van der Waals surface area contributed by atoms with E-state index in [9.17, 15) is 9.59 Å². The van der Waals surface area contributed by atoms with Crippen molar-refractivity contribution in [2.24, 2.45) is 0 Å². The van der Waals surface area contributed by atoms with Crippen molar-refractivity contribution in [1.82, 2.24) is 25.3 Å². The van der Waals surface area contributed by atoms with Crippen molar-refractivity contribution in [2.45, 2.75) is 18.9 Å². The second-order valence-corrected chi connectivity index (χ2v) is 6.47. The second kappa shape index (κ2) is 9.45. The van der Waals surface area contributed by atoms with Crippen molar-refractivity contribution < 1.29 is 14.7 Å². The summed E-state index contributed by atoms with van der Waals surface area (Å²) in [6.07, 6.45) is 6.41. The number of carboxylic acids is 1. The van der Waals surface area contributed by atoms with Crippen molar-refractivity contribution in [3.05, 3.63) is 61.2 Å². The van der Waals surface area contributed by atoms with Gasteiger partial charge in [0.05, 0.1) is 11.9 Å². The van der Waals surface area contributed by atoms with Crippen LogP contribution in [0.5, 0.6) is 0 Å². The number of aromatic amines is 1. The number of amides is 1. The first-order valence-electron chi connectivity index (χ1n) is 9.18. The van der Waals surface area contributed by atoms with Crippen molar-refractivity contribution >= 4 is 28.9 Å². The average molecular weight is 394 g/mol. The molecule has 0 radical (unpaired) electrons. The number of imidazole rings is 1. The van der Waals surface area contributed by atoms with Gasteiger partial charge in [-0.3, -0.25) is 4.79 Å². The van der Waals surface area contributed by atoms with Gasteiger partial charge >= 0.3 is 5.97 Å². The Hall–Kier alpha value is -3.75. The van der Waals surface area contributed by atoms with Crippen molar-refractivity contribution in [1.29, 1.82) is 0 Å². The fourth-order valence-electron chi connectivity index (χ4n) is 3.11. The normalized spacial score (nSPS) is 15.9. The molecule has 1 aliphatic heterocycles. The van der Waals surface area contributed by atoms with E-state index in [1.165, 1.54) is 12.4 Å². The predicted molar refractivity (Wildman–Crippen MR) is 109 cm³/mol. The lowest BCUT2D eigenvalue weighted by Crippen LogP contribution is -2.47. The van der Waals surface area contributed by atoms with Crippen molar-refractivity contribution in [3.8, 4) is 0 Å².